The lowest BCUT2D eigenvalue weighted by atomic mass is 9.79. The average molecular weight is 358 g/mol. The summed E-state index contributed by atoms with van der Waals surface area (Å²) in [5, 5.41) is -0.251. The zero-order chi connectivity index (χ0) is 17.0. The van der Waals surface area contributed by atoms with Crippen LogP contribution in [0.1, 0.15) is 49.9 Å². The van der Waals surface area contributed by atoms with Crippen molar-refractivity contribution in [3.8, 4) is 20.9 Å². The maximum atomic E-state index is 13.9. The SMILES string of the molecule is CC1(C)c2cc3c(cc2-c2sc(F)cc21)C(C)(C)c1cc(F)sc1-3. The van der Waals surface area contributed by atoms with Crippen molar-refractivity contribution in [2.45, 2.75) is 38.5 Å². The molecule has 0 saturated heterocycles. The van der Waals surface area contributed by atoms with Gasteiger partial charge in [0.2, 0.25) is 0 Å². The van der Waals surface area contributed by atoms with Crippen molar-refractivity contribution < 1.29 is 8.78 Å². The number of benzene rings is 1. The summed E-state index contributed by atoms with van der Waals surface area (Å²) >= 11 is 2.46. The quantitative estimate of drug-likeness (QED) is 0.419. The molecular weight excluding hydrogens is 342 g/mol. The standard InChI is InChI=1S/C20H16F2S2/c1-19(2)11-5-10-12(6-9(11)17-13(19)7-15(21)23-17)20(3,4)14-8-16(22)24-18(10)14/h5-8H,1-4H3. The Morgan fingerprint density at radius 1 is 0.625 bits per heavy atom. The highest BCUT2D eigenvalue weighted by Gasteiger charge is 2.43. The Labute approximate surface area is 147 Å². The van der Waals surface area contributed by atoms with Gasteiger partial charge in [-0.15, -0.1) is 22.7 Å². The second kappa shape index (κ2) is 4.17. The maximum absolute atomic E-state index is 13.9. The van der Waals surface area contributed by atoms with Crippen molar-refractivity contribution in [1.82, 2.24) is 0 Å². The molecule has 0 unspecified atom stereocenters. The van der Waals surface area contributed by atoms with Gasteiger partial charge in [0.15, 0.2) is 10.3 Å². The van der Waals surface area contributed by atoms with Crippen molar-refractivity contribution in [3.05, 3.63) is 56.8 Å². The van der Waals surface area contributed by atoms with E-state index < -0.39 is 0 Å². The van der Waals surface area contributed by atoms with Crippen LogP contribution in [0.25, 0.3) is 20.9 Å². The van der Waals surface area contributed by atoms with E-state index in [1.54, 1.807) is 12.1 Å². The number of thiophene rings is 2. The summed E-state index contributed by atoms with van der Waals surface area (Å²) in [5.74, 6) is 0. The molecule has 0 nitrogen and oxygen atoms in total. The number of hydrogen-bond acceptors (Lipinski definition) is 2. The first-order chi connectivity index (χ1) is 11.2. The van der Waals surface area contributed by atoms with E-state index in [4.69, 9.17) is 0 Å². The Morgan fingerprint density at radius 3 is 1.38 bits per heavy atom. The van der Waals surface area contributed by atoms with Gasteiger partial charge in [-0.3, -0.25) is 0 Å². The van der Waals surface area contributed by atoms with Crippen LogP contribution >= 0.6 is 22.7 Å². The molecule has 0 amide bonds. The smallest absolute Gasteiger partial charge is 0.177 e. The van der Waals surface area contributed by atoms with E-state index in [1.165, 1.54) is 33.8 Å². The van der Waals surface area contributed by atoms with Crippen LogP contribution in [0.3, 0.4) is 0 Å². The molecular formula is C20H16F2S2. The molecule has 0 N–H and O–H groups in total. The van der Waals surface area contributed by atoms with E-state index in [9.17, 15) is 8.78 Å². The number of halogens is 2. The molecule has 3 aromatic rings. The Kier molecular flexibility index (Phi) is 2.57. The molecule has 4 heteroatoms. The minimum Gasteiger partial charge on any atom is -0.195 e. The molecule has 0 saturated carbocycles. The fourth-order valence-electron chi connectivity index (χ4n) is 4.35. The van der Waals surface area contributed by atoms with Crippen LogP contribution in [0.2, 0.25) is 0 Å². The molecule has 0 aliphatic heterocycles. The van der Waals surface area contributed by atoms with Gasteiger partial charge in [0.25, 0.3) is 0 Å². The first kappa shape index (κ1) is 14.8. The lowest BCUT2D eigenvalue weighted by Crippen LogP contribution is -2.16. The average Bonchev–Trinajstić information content (AvgIpc) is 3.17. The number of rotatable bonds is 0. The summed E-state index contributed by atoms with van der Waals surface area (Å²) in [6.07, 6.45) is 0. The van der Waals surface area contributed by atoms with E-state index in [-0.39, 0.29) is 21.1 Å². The summed E-state index contributed by atoms with van der Waals surface area (Å²) < 4.78 is 27.7. The van der Waals surface area contributed by atoms with Gasteiger partial charge >= 0.3 is 0 Å². The van der Waals surface area contributed by atoms with Crippen LogP contribution < -0.4 is 0 Å². The highest BCUT2D eigenvalue weighted by molar-refractivity contribution is 7.14. The lowest BCUT2D eigenvalue weighted by molar-refractivity contribution is 0.629. The first-order valence-corrected chi connectivity index (χ1v) is 9.64. The van der Waals surface area contributed by atoms with Crippen LogP contribution in [-0.4, -0.2) is 0 Å². The fraction of sp³-hybridized carbons (Fsp3) is 0.300. The second-order valence-corrected chi connectivity index (χ2v) is 9.78. The number of fused-ring (bicyclic) bond motifs is 6. The molecule has 2 heterocycles. The monoisotopic (exact) mass is 358 g/mol. The summed E-state index contributed by atoms with van der Waals surface area (Å²) in [6.45, 7) is 8.58. The molecule has 0 spiro atoms. The third-order valence-corrected chi connectivity index (χ3v) is 7.66. The van der Waals surface area contributed by atoms with E-state index >= 15 is 0 Å². The van der Waals surface area contributed by atoms with E-state index in [2.05, 4.69) is 39.8 Å². The molecule has 2 aromatic heterocycles. The van der Waals surface area contributed by atoms with Crippen molar-refractivity contribution in [3.63, 3.8) is 0 Å². The summed E-state index contributed by atoms with van der Waals surface area (Å²) in [4.78, 5) is 2.10. The molecule has 0 radical (unpaired) electrons. The van der Waals surface area contributed by atoms with Gasteiger partial charge < -0.3 is 0 Å². The molecule has 24 heavy (non-hydrogen) atoms. The van der Waals surface area contributed by atoms with Crippen molar-refractivity contribution >= 4 is 22.7 Å². The summed E-state index contributed by atoms with van der Waals surface area (Å²) in [7, 11) is 0. The highest BCUT2D eigenvalue weighted by Crippen LogP contribution is 2.58. The zero-order valence-corrected chi connectivity index (χ0v) is 15.5. The topological polar surface area (TPSA) is 0 Å². The maximum Gasteiger partial charge on any atom is 0.177 e. The lowest BCUT2D eigenvalue weighted by Gasteiger charge is -2.24. The van der Waals surface area contributed by atoms with Gasteiger partial charge in [0, 0.05) is 20.6 Å². The van der Waals surface area contributed by atoms with Crippen LogP contribution in [0.15, 0.2) is 24.3 Å². The minimum absolute atomic E-state index is 0.125. The first-order valence-electron chi connectivity index (χ1n) is 8.00. The van der Waals surface area contributed by atoms with E-state index in [1.807, 2.05) is 0 Å². The molecule has 0 bridgehead atoms. The van der Waals surface area contributed by atoms with Gasteiger partial charge in [0.1, 0.15) is 0 Å². The Balaban J connectivity index is 1.86. The fourth-order valence-corrected chi connectivity index (χ4v) is 6.50. The Morgan fingerprint density at radius 2 is 1.00 bits per heavy atom. The molecule has 122 valence electrons. The summed E-state index contributed by atoms with van der Waals surface area (Å²) in [6, 6.07) is 7.79. The molecule has 0 fully saturated rings. The molecule has 2 aliphatic carbocycles. The Bertz CT molecular complexity index is 950. The van der Waals surface area contributed by atoms with Crippen molar-refractivity contribution in [2.75, 3.05) is 0 Å². The Hall–Kier alpha value is -1.52. The van der Waals surface area contributed by atoms with E-state index in [0.717, 1.165) is 32.0 Å². The van der Waals surface area contributed by atoms with E-state index in [0.29, 0.717) is 0 Å². The van der Waals surface area contributed by atoms with Gasteiger partial charge in [-0.2, -0.15) is 8.78 Å². The molecule has 1 aromatic carbocycles. The summed E-state index contributed by atoms with van der Waals surface area (Å²) in [5.41, 5.74) is 6.43. The molecule has 0 atom stereocenters. The van der Waals surface area contributed by atoms with Gasteiger partial charge in [-0.05, 0) is 57.6 Å². The van der Waals surface area contributed by atoms with Crippen molar-refractivity contribution in [1.29, 1.82) is 0 Å². The van der Waals surface area contributed by atoms with Gasteiger partial charge in [-0.1, -0.05) is 27.7 Å². The van der Waals surface area contributed by atoms with Crippen LogP contribution in [0.5, 0.6) is 0 Å². The minimum atomic E-state index is -0.219. The highest BCUT2D eigenvalue weighted by atomic mass is 32.1. The number of hydrogen-bond donors (Lipinski definition) is 0. The van der Waals surface area contributed by atoms with Crippen molar-refractivity contribution in [2.24, 2.45) is 0 Å². The van der Waals surface area contributed by atoms with Crippen LogP contribution in [0, 0.1) is 10.3 Å². The predicted molar refractivity (Wildman–Crippen MR) is 97.2 cm³/mol. The third-order valence-electron chi connectivity index (χ3n) is 5.74. The third kappa shape index (κ3) is 1.56. The predicted octanol–water partition coefficient (Wildman–Crippen LogP) is 6.70. The van der Waals surface area contributed by atoms with Gasteiger partial charge in [0.05, 0.1) is 0 Å². The normalized spacial score (nSPS) is 18.2. The largest absolute Gasteiger partial charge is 0.195 e. The van der Waals surface area contributed by atoms with Crippen LogP contribution in [-0.2, 0) is 10.8 Å². The van der Waals surface area contributed by atoms with Crippen LogP contribution in [0.4, 0.5) is 8.78 Å². The second-order valence-electron chi connectivity index (χ2n) is 7.78. The molecule has 5 rings (SSSR count). The molecule has 2 aliphatic rings. The zero-order valence-electron chi connectivity index (χ0n) is 13.9. The van der Waals surface area contributed by atoms with Gasteiger partial charge in [-0.25, -0.2) is 0 Å².